The first-order valence-electron chi connectivity index (χ1n) is 5.91. The van der Waals surface area contributed by atoms with E-state index in [1.54, 1.807) is 12.3 Å². The van der Waals surface area contributed by atoms with E-state index in [4.69, 9.17) is 0 Å². The second-order valence-corrected chi connectivity index (χ2v) is 4.25. The van der Waals surface area contributed by atoms with Crippen LogP contribution in [0.2, 0.25) is 0 Å². The van der Waals surface area contributed by atoms with Crippen molar-refractivity contribution in [3.05, 3.63) is 48.2 Å². The molecule has 1 aromatic heterocycles. The number of benzene rings is 1. The lowest BCUT2D eigenvalue weighted by atomic mass is 10.1. The molecule has 1 N–H and O–H groups in total. The SMILES string of the molecule is CC(=O)Nc1ccc(-c2ccc(C(C)=O)cn2)cc1. The Hall–Kier alpha value is -2.49. The van der Waals surface area contributed by atoms with E-state index in [1.165, 1.54) is 13.8 Å². The summed E-state index contributed by atoms with van der Waals surface area (Å²) >= 11 is 0. The minimum Gasteiger partial charge on any atom is -0.326 e. The number of nitrogens with zero attached hydrogens (tertiary/aromatic N) is 1. The Morgan fingerprint density at radius 1 is 1.00 bits per heavy atom. The van der Waals surface area contributed by atoms with Gasteiger partial charge in [-0.1, -0.05) is 12.1 Å². The Bertz CT molecular complexity index is 601. The Labute approximate surface area is 111 Å². The van der Waals surface area contributed by atoms with Gasteiger partial charge < -0.3 is 5.32 Å². The van der Waals surface area contributed by atoms with E-state index in [0.29, 0.717) is 5.56 Å². The highest BCUT2D eigenvalue weighted by Gasteiger charge is 2.03. The van der Waals surface area contributed by atoms with Crippen molar-refractivity contribution in [2.24, 2.45) is 0 Å². The zero-order valence-corrected chi connectivity index (χ0v) is 10.8. The maximum Gasteiger partial charge on any atom is 0.221 e. The number of rotatable bonds is 3. The average molecular weight is 254 g/mol. The summed E-state index contributed by atoms with van der Waals surface area (Å²) in [5.41, 5.74) is 3.07. The molecule has 0 aliphatic heterocycles. The molecule has 4 heteroatoms. The van der Waals surface area contributed by atoms with E-state index < -0.39 is 0 Å². The molecule has 0 fully saturated rings. The minimum atomic E-state index is -0.100. The summed E-state index contributed by atoms with van der Waals surface area (Å²) in [5, 5.41) is 2.70. The number of carbonyl (C=O) groups is 2. The van der Waals surface area contributed by atoms with Crippen molar-refractivity contribution >= 4 is 17.4 Å². The monoisotopic (exact) mass is 254 g/mol. The number of hydrogen-bond donors (Lipinski definition) is 1. The van der Waals surface area contributed by atoms with Crippen LogP contribution in [0.15, 0.2) is 42.6 Å². The molecule has 19 heavy (non-hydrogen) atoms. The van der Waals surface area contributed by atoms with Crippen molar-refractivity contribution in [1.29, 1.82) is 0 Å². The van der Waals surface area contributed by atoms with Gasteiger partial charge >= 0.3 is 0 Å². The number of nitrogens with one attached hydrogen (secondary N) is 1. The van der Waals surface area contributed by atoms with Gasteiger partial charge in [-0.15, -0.1) is 0 Å². The summed E-state index contributed by atoms with van der Waals surface area (Å²) in [6.45, 7) is 2.98. The normalized spacial score (nSPS) is 10.0. The van der Waals surface area contributed by atoms with Gasteiger partial charge in [-0.25, -0.2) is 0 Å². The lowest BCUT2D eigenvalue weighted by Gasteiger charge is -2.04. The van der Waals surface area contributed by atoms with Crippen LogP contribution in [-0.4, -0.2) is 16.7 Å². The third-order valence-electron chi connectivity index (χ3n) is 2.67. The van der Waals surface area contributed by atoms with E-state index in [0.717, 1.165) is 16.9 Å². The first-order valence-corrected chi connectivity index (χ1v) is 5.91. The molecule has 0 aliphatic rings. The molecule has 2 rings (SSSR count). The molecule has 1 aromatic carbocycles. The van der Waals surface area contributed by atoms with Crippen LogP contribution < -0.4 is 5.32 Å². The first kappa shape index (κ1) is 13.0. The minimum absolute atomic E-state index is 0.0000520. The molecule has 0 saturated heterocycles. The van der Waals surface area contributed by atoms with Crippen molar-refractivity contribution in [3.63, 3.8) is 0 Å². The first-order chi connectivity index (χ1) is 9.06. The molecule has 0 spiro atoms. The van der Waals surface area contributed by atoms with Crippen molar-refractivity contribution in [2.45, 2.75) is 13.8 Å². The maximum atomic E-state index is 11.2. The van der Waals surface area contributed by atoms with Crippen molar-refractivity contribution < 1.29 is 9.59 Å². The number of Topliss-reactive ketones (excluding diaryl/α,β-unsaturated/α-hetero) is 1. The predicted molar refractivity (Wildman–Crippen MR) is 74.0 cm³/mol. The van der Waals surface area contributed by atoms with Gasteiger partial charge in [0, 0.05) is 29.9 Å². The molecular formula is C15H14N2O2. The Balaban J connectivity index is 2.22. The van der Waals surface area contributed by atoms with Crippen LogP contribution in [-0.2, 0) is 4.79 Å². The summed E-state index contributed by atoms with van der Waals surface area (Å²) in [6, 6.07) is 11.0. The molecule has 0 saturated carbocycles. The summed E-state index contributed by atoms with van der Waals surface area (Å²) in [7, 11) is 0. The number of ketones is 1. The summed E-state index contributed by atoms with van der Waals surface area (Å²) in [6.07, 6.45) is 1.57. The molecule has 0 atom stereocenters. The molecule has 1 heterocycles. The van der Waals surface area contributed by atoms with Gasteiger partial charge in [0.2, 0.25) is 5.91 Å². The van der Waals surface area contributed by atoms with Gasteiger partial charge in [-0.2, -0.15) is 0 Å². The van der Waals surface area contributed by atoms with Crippen LogP contribution in [0.5, 0.6) is 0 Å². The van der Waals surface area contributed by atoms with Gasteiger partial charge in [-0.3, -0.25) is 14.6 Å². The fourth-order valence-corrected chi connectivity index (χ4v) is 1.70. The molecule has 0 bridgehead atoms. The van der Waals surface area contributed by atoms with E-state index in [1.807, 2.05) is 30.3 Å². The van der Waals surface area contributed by atoms with Gasteiger partial charge in [-0.05, 0) is 31.2 Å². The standard InChI is InChI=1S/C15H14N2O2/c1-10(18)13-5-8-15(16-9-13)12-3-6-14(7-4-12)17-11(2)19/h3-9H,1-2H3,(H,17,19). The maximum absolute atomic E-state index is 11.2. The van der Waals surface area contributed by atoms with Crippen molar-refractivity contribution in [1.82, 2.24) is 4.98 Å². The molecular weight excluding hydrogens is 240 g/mol. The van der Waals surface area contributed by atoms with Crippen LogP contribution in [0.3, 0.4) is 0 Å². The topological polar surface area (TPSA) is 59.1 Å². The van der Waals surface area contributed by atoms with E-state index in [-0.39, 0.29) is 11.7 Å². The smallest absolute Gasteiger partial charge is 0.221 e. The van der Waals surface area contributed by atoms with Gasteiger partial charge in [0.15, 0.2) is 5.78 Å². The molecule has 0 unspecified atom stereocenters. The van der Waals surface area contributed by atoms with Crippen LogP contribution in [0, 0.1) is 0 Å². The molecule has 0 aliphatic carbocycles. The zero-order chi connectivity index (χ0) is 13.8. The number of carbonyl (C=O) groups excluding carboxylic acids is 2. The fraction of sp³-hybridized carbons (Fsp3) is 0.133. The van der Waals surface area contributed by atoms with Crippen LogP contribution in [0.1, 0.15) is 24.2 Å². The highest BCUT2D eigenvalue weighted by atomic mass is 16.1. The van der Waals surface area contributed by atoms with Crippen LogP contribution >= 0.6 is 0 Å². The quantitative estimate of drug-likeness (QED) is 0.857. The van der Waals surface area contributed by atoms with Gasteiger partial charge in [0.05, 0.1) is 5.69 Å². The molecule has 4 nitrogen and oxygen atoms in total. The molecule has 1 amide bonds. The Morgan fingerprint density at radius 2 is 1.68 bits per heavy atom. The van der Waals surface area contributed by atoms with E-state index in [9.17, 15) is 9.59 Å². The highest BCUT2D eigenvalue weighted by molar-refractivity contribution is 5.94. The van der Waals surface area contributed by atoms with Crippen molar-refractivity contribution in [2.75, 3.05) is 5.32 Å². The lowest BCUT2D eigenvalue weighted by molar-refractivity contribution is -0.114. The Kier molecular flexibility index (Phi) is 3.71. The number of pyridine rings is 1. The number of hydrogen-bond acceptors (Lipinski definition) is 3. The number of anilines is 1. The zero-order valence-electron chi connectivity index (χ0n) is 10.8. The third kappa shape index (κ3) is 3.25. The second kappa shape index (κ2) is 5.44. The largest absolute Gasteiger partial charge is 0.326 e. The van der Waals surface area contributed by atoms with Gasteiger partial charge in [0.1, 0.15) is 0 Å². The molecule has 2 aromatic rings. The fourth-order valence-electron chi connectivity index (χ4n) is 1.70. The number of amides is 1. The average Bonchev–Trinajstić information content (AvgIpc) is 2.39. The van der Waals surface area contributed by atoms with Crippen molar-refractivity contribution in [3.8, 4) is 11.3 Å². The van der Waals surface area contributed by atoms with Crippen LogP contribution in [0.4, 0.5) is 5.69 Å². The second-order valence-electron chi connectivity index (χ2n) is 4.25. The number of aromatic nitrogens is 1. The lowest BCUT2D eigenvalue weighted by Crippen LogP contribution is -2.05. The summed E-state index contributed by atoms with van der Waals surface area (Å²) in [4.78, 5) is 26.3. The highest BCUT2D eigenvalue weighted by Crippen LogP contribution is 2.19. The summed E-state index contributed by atoms with van der Waals surface area (Å²) in [5.74, 6) is -0.100. The Morgan fingerprint density at radius 3 is 2.16 bits per heavy atom. The molecule has 96 valence electrons. The predicted octanol–water partition coefficient (Wildman–Crippen LogP) is 2.91. The molecule has 0 radical (unpaired) electrons. The van der Waals surface area contributed by atoms with E-state index >= 15 is 0 Å². The van der Waals surface area contributed by atoms with Gasteiger partial charge in [0.25, 0.3) is 0 Å². The van der Waals surface area contributed by atoms with E-state index in [2.05, 4.69) is 10.3 Å². The third-order valence-corrected chi connectivity index (χ3v) is 2.67. The summed E-state index contributed by atoms with van der Waals surface area (Å²) < 4.78 is 0. The van der Waals surface area contributed by atoms with Crippen LogP contribution in [0.25, 0.3) is 11.3 Å².